The first-order chi connectivity index (χ1) is 15.3. The van der Waals surface area contributed by atoms with Crippen LogP contribution in [0.15, 0.2) is 48.7 Å². The molecule has 2 aliphatic rings. The number of rotatable bonds is 6. The zero-order valence-corrected chi connectivity index (χ0v) is 17.8. The molecule has 6 nitrogen and oxygen atoms in total. The van der Waals surface area contributed by atoms with Gasteiger partial charge in [0.1, 0.15) is 11.5 Å². The molecule has 1 fully saturated rings. The van der Waals surface area contributed by atoms with Gasteiger partial charge >= 0.3 is 0 Å². The molecule has 0 bridgehead atoms. The number of benzene rings is 1. The third-order valence-corrected chi connectivity index (χ3v) is 6.34. The summed E-state index contributed by atoms with van der Waals surface area (Å²) in [6, 6.07) is 14.5. The Morgan fingerprint density at radius 1 is 0.968 bits per heavy atom. The average Bonchev–Trinajstić information content (AvgIpc) is 3.29. The second-order valence-electron chi connectivity index (χ2n) is 8.52. The second-order valence-corrected chi connectivity index (χ2v) is 8.52. The smallest absolute Gasteiger partial charge is 0.180 e. The van der Waals surface area contributed by atoms with E-state index < -0.39 is 0 Å². The van der Waals surface area contributed by atoms with E-state index in [1.54, 1.807) is 6.20 Å². The predicted octanol–water partition coefficient (Wildman–Crippen LogP) is 3.60. The Balaban J connectivity index is 1.35. The number of aliphatic hydroxyl groups is 1. The summed E-state index contributed by atoms with van der Waals surface area (Å²) in [7, 11) is 0. The van der Waals surface area contributed by atoms with Crippen molar-refractivity contribution in [1.29, 1.82) is 0 Å². The Morgan fingerprint density at radius 2 is 1.77 bits per heavy atom. The van der Waals surface area contributed by atoms with Gasteiger partial charge in [-0.2, -0.15) is 0 Å². The fraction of sp³-hybridized carbons (Fsp3) is 0.400. The molecule has 0 saturated carbocycles. The van der Waals surface area contributed by atoms with E-state index in [9.17, 15) is 5.11 Å². The van der Waals surface area contributed by atoms with Crippen molar-refractivity contribution in [3.8, 4) is 11.5 Å². The number of nitrogens with zero attached hydrogens (tertiary/aromatic N) is 4. The highest BCUT2D eigenvalue weighted by molar-refractivity contribution is 5.58. The third kappa shape index (κ3) is 4.60. The van der Waals surface area contributed by atoms with Crippen molar-refractivity contribution < 1.29 is 5.11 Å². The molecule has 0 unspecified atom stereocenters. The van der Waals surface area contributed by atoms with Crippen molar-refractivity contribution >= 4 is 5.82 Å². The number of hydrogen-bond acceptors (Lipinski definition) is 6. The molecule has 0 amide bonds. The van der Waals surface area contributed by atoms with Gasteiger partial charge in [-0.25, -0.2) is 9.97 Å². The molecule has 160 valence electrons. The van der Waals surface area contributed by atoms with Crippen LogP contribution < -0.4 is 5.32 Å². The van der Waals surface area contributed by atoms with Crippen molar-refractivity contribution in [3.05, 3.63) is 71.0 Å². The molecule has 6 heteroatoms. The highest BCUT2D eigenvalue weighted by atomic mass is 16.3. The predicted molar refractivity (Wildman–Crippen MR) is 122 cm³/mol. The van der Waals surface area contributed by atoms with Crippen molar-refractivity contribution in [3.63, 3.8) is 0 Å². The molecule has 0 radical (unpaired) electrons. The van der Waals surface area contributed by atoms with Gasteiger partial charge in [0.25, 0.3) is 0 Å². The van der Waals surface area contributed by atoms with Gasteiger partial charge < -0.3 is 10.4 Å². The average molecular weight is 416 g/mol. The topological polar surface area (TPSA) is 74.2 Å². The molecule has 1 saturated heterocycles. The quantitative estimate of drug-likeness (QED) is 0.641. The molecule has 1 aromatic carbocycles. The van der Waals surface area contributed by atoms with Gasteiger partial charge in [-0.15, -0.1) is 0 Å². The highest BCUT2D eigenvalue weighted by Gasteiger charge is 2.21. The number of fused-ring (bicyclic) bond motifs is 1. The summed E-state index contributed by atoms with van der Waals surface area (Å²) < 4.78 is 0. The van der Waals surface area contributed by atoms with Crippen LogP contribution in [0.5, 0.6) is 0 Å². The number of nitrogens with one attached hydrogen (secondary N) is 1. The van der Waals surface area contributed by atoms with Crippen LogP contribution >= 0.6 is 0 Å². The Hall–Kier alpha value is -2.83. The Morgan fingerprint density at radius 3 is 2.58 bits per heavy atom. The summed E-state index contributed by atoms with van der Waals surface area (Å²) in [6.45, 7) is 3.56. The van der Waals surface area contributed by atoms with Gasteiger partial charge in [-0.1, -0.05) is 30.3 Å². The minimum Gasteiger partial charge on any atom is -0.393 e. The molecule has 2 aromatic heterocycles. The van der Waals surface area contributed by atoms with Crippen molar-refractivity contribution in [2.75, 3.05) is 18.4 Å². The lowest BCUT2D eigenvalue weighted by Gasteiger charge is -2.30. The fourth-order valence-electron chi connectivity index (χ4n) is 4.57. The van der Waals surface area contributed by atoms with E-state index in [-0.39, 0.29) is 6.10 Å². The lowest BCUT2D eigenvalue weighted by atomic mass is 10.0. The number of aryl methyl sites for hydroxylation is 1. The van der Waals surface area contributed by atoms with E-state index in [0.29, 0.717) is 5.82 Å². The minimum atomic E-state index is -0.138. The number of pyridine rings is 1. The molecule has 1 aliphatic carbocycles. The molecule has 0 spiro atoms. The molecule has 3 aromatic rings. The van der Waals surface area contributed by atoms with Gasteiger partial charge in [0, 0.05) is 43.6 Å². The maximum atomic E-state index is 9.79. The molecular weight excluding hydrogens is 386 g/mol. The van der Waals surface area contributed by atoms with Crippen LogP contribution in [0.1, 0.15) is 41.6 Å². The van der Waals surface area contributed by atoms with E-state index in [1.165, 1.54) is 16.7 Å². The fourth-order valence-corrected chi connectivity index (χ4v) is 4.57. The molecule has 5 rings (SSSR count). The zero-order chi connectivity index (χ0) is 21.0. The number of aliphatic hydroxyl groups excluding tert-OH is 1. The number of anilines is 1. The monoisotopic (exact) mass is 415 g/mol. The first kappa shape index (κ1) is 20.1. The third-order valence-electron chi connectivity index (χ3n) is 6.34. The standard InChI is InChI=1S/C25H29N5O/c31-20-11-14-30(15-12-20)17-19-7-2-1-6-18(19)16-27-24-21-8-5-10-22(21)28-25(29-24)23-9-3-4-13-26-23/h1-4,6-7,9,13,20,31H,5,8,10-12,14-17H2,(H,27,28,29). The van der Waals surface area contributed by atoms with E-state index in [1.807, 2.05) is 18.2 Å². The van der Waals surface area contributed by atoms with Crippen LogP contribution in [-0.2, 0) is 25.9 Å². The number of likely N-dealkylation sites (tertiary alicyclic amines) is 1. The summed E-state index contributed by atoms with van der Waals surface area (Å²) in [5.74, 6) is 1.64. The largest absolute Gasteiger partial charge is 0.393 e. The summed E-state index contributed by atoms with van der Waals surface area (Å²) in [6.07, 6.45) is 6.53. The van der Waals surface area contributed by atoms with Gasteiger partial charge in [-0.3, -0.25) is 9.88 Å². The summed E-state index contributed by atoms with van der Waals surface area (Å²) in [5.41, 5.74) is 5.84. The van der Waals surface area contributed by atoms with Crippen molar-refractivity contribution in [2.45, 2.75) is 51.3 Å². The van der Waals surface area contributed by atoms with Crippen LogP contribution in [0.3, 0.4) is 0 Å². The van der Waals surface area contributed by atoms with E-state index in [2.05, 4.69) is 39.5 Å². The van der Waals surface area contributed by atoms with Crippen LogP contribution in [0.4, 0.5) is 5.82 Å². The normalized spacial score (nSPS) is 16.9. The second kappa shape index (κ2) is 9.12. The first-order valence-corrected chi connectivity index (χ1v) is 11.3. The van der Waals surface area contributed by atoms with Crippen molar-refractivity contribution in [2.24, 2.45) is 0 Å². The first-order valence-electron chi connectivity index (χ1n) is 11.3. The Kier molecular flexibility index (Phi) is 5.91. The summed E-state index contributed by atoms with van der Waals surface area (Å²) in [5, 5.41) is 13.4. The maximum absolute atomic E-state index is 9.79. The van der Waals surface area contributed by atoms with Gasteiger partial charge in [-0.05, 0) is 55.4 Å². The molecule has 2 N–H and O–H groups in total. The van der Waals surface area contributed by atoms with Gasteiger partial charge in [0.2, 0.25) is 0 Å². The molecular formula is C25H29N5O. The van der Waals surface area contributed by atoms with Crippen molar-refractivity contribution in [1.82, 2.24) is 19.9 Å². The summed E-state index contributed by atoms with van der Waals surface area (Å²) in [4.78, 5) is 16.5. The van der Waals surface area contributed by atoms with E-state index in [4.69, 9.17) is 9.97 Å². The number of piperidine rings is 1. The summed E-state index contributed by atoms with van der Waals surface area (Å²) >= 11 is 0. The number of aromatic nitrogens is 3. The van der Waals surface area contributed by atoms with Gasteiger partial charge in [0.05, 0.1) is 6.10 Å². The highest BCUT2D eigenvalue weighted by Crippen LogP contribution is 2.29. The Labute approximate surface area is 183 Å². The SMILES string of the molecule is OC1CCN(Cc2ccccc2CNc2nc(-c3ccccn3)nc3c2CCC3)CC1. The van der Waals surface area contributed by atoms with Crippen LogP contribution in [-0.4, -0.2) is 44.2 Å². The number of hydrogen-bond donors (Lipinski definition) is 2. The molecule has 1 aliphatic heterocycles. The van der Waals surface area contributed by atoms with E-state index >= 15 is 0 Å². The minimum absolute atomic E-state index is 0.138. The Bertz CT molecular complexity index is 1030. The van der Waals surface area contributed by atoms with E-state index in [0.717, 1.165) is 75.5 Å². The maximum Gasteiger partial charge on any atom is 0.180 e. The lowest BCUT2D eigenvalue weighted by molar-refractivity contribution is 0.0791. The zero-order valence-electron chi connectivity index (χ0n) is 17.8. The van der Waals surface area contributed by atoms with Crippen LogP contribution in [0, 0.1) is 0 Å². The molecule has 0 atom stereocenters. The molecule has 31 heavy (non-hydrogen) atoms. The molecule has 3 heterocycles. The van der Waals surface area contributed by atoms with Crippen LogP contribution in [0.2, 0.25) is 0 Å². The van der Waals surface area contributed by atoms with Crippen LogP contribution in [0.25, 0.3) is 11.5 Å². The lowest BCUT2D eigenvalue weighted by Crippen LogP contribution is -2.35. The van der Waals surface area contributed by atoms with Gasteiger partial charge in [0.15, 0.2) is 5.82 Å².